The van der Waals surface area contributed by atoms with Gasteiger partial charge in [-0.2, -0.15) is 0 Å². The third-order valence-electron chi connectivity index (χ3n) is 24.5. The van der Waals surface area contributed by atoms with Crippen LogP contribution in [0.15, 0.2) is 0 Å². The lowest BCUT2D eigenvalue weighted by Crippen LogP contribution is -2.37. The number of aliphatic hydroxyl groups excluding tert-OH is 3. The summed E-state index contributed by atoms with van der Waals surface area (Å²) in [5.74, 6) is 2.80. The molecular weight excluding hydrogens is 1250 g/mol. The van der Waals surface area contributed by atoms with Crippen molar-refractivity contribution in [3.05, 3.63) is 0 Å². The maximum atomic E-state index is 13.5. The first-order valence-electron chi connectivity index (χ1n) is 46.6. The Morgan fingerprint density at radius 1 is 0.366 bits per heavy atom. The molecule has 0 bridgehead atoms. The maximum absolute atomic E-state index is 13.5. The van der Waals surface area contributed by atoms with Gasteiger partial charge in [0.15, 0.2) is 6.29 Å². The number of Topliss-reactive ketones (excluding diaryl/α,β-unsaturated/α-hetero) is 1. The molecule has 8 heteroatoms. The standard InChI is InChI=1S/C93H180O8/c1-6-8-10-12-14-16-18-20-22-24-25-26-27-28-29-34-41-47-53-59-65-71-77-85(92(98)100-81-89-90(96)91(97)93(99-5)101-89)88(95)79-73-67-61-55-49-43-37-36-40-46-52-58-64-70-76-84-80-86(84)82(3)74-68-62-56-50-44-38-33-30-31-35-42-48-54-60-66-72-78-87(94)83(4)75-69-63-57-51-45-39-32-23-21-19-17-15-13-11-9-7-2/h82-86,88-91,93,95-97H,6-81H2,1-5H3/t82-,83?,84+,85-,86-,88+,89-,90-,91+,93+/m1/s1. The maximum Gasteiger partial charge on any atom is 0.311 e. The first kappa shape index (κ1) is 96.0. The number of ketones is 1. The molecule has 600 valence electrons. The number of esters is 1. The van der Waals surface area contributed by atoms with Crippen LogP contribution >= 0.6 is 0 Å². The average molecular weight is 1430 g/mol. The number of ether oxygens (including phenoxy) is 3. The number of methoxy groups -OCH3 is 1. The molecule has 1 aliphatic heterocycles. The number of carbonyl (C=O) groups is 2. The van der Waals surface area contributed by atoms with Crippen molar-refractivity contribution in [1.29, 1.82) is 0 Å². The van der Waals surface area contributed by atoms with Crippen molar-refractivity contribution < 1.29 is 39.1 Å². The van der Waals surface area contributed by atoms with Crippen LogP contribution in [0.25, 0.3) is 0 Å². The molecule has 1 saturated heterocycles. The van der Waals surface area contributed by atoms with E-state index in [9.17, 15) is 24.9 Å². The van der Waals surface area contributed by atoms with Crippen LogP contribution in [-0.2, 0) is 23.8 Å². The summed E-state index contributed by atoms with van der Waals surface area (Å²) >= 11 is 0. The van der Waals surface area contributed by atoms with E-state index in [0.717, 1.165) is 69.1 Å². The number of carbonyl (C=O) groups excluding carboxylic acids is 2. The van der Waals surface area contributed by atoms with E-state index in [0.29, 0.717) is 18.6 Å². The van der Waals surface area contributed by atoms with Crippen LogP contribution in [0.3, 0.4) is 0 Å². The van der Waals surface area contributed by atoms with Gasteiger partial charge in [0.1, 0.15) is 30.7 Å². The molecule has 0 spiro atoms. The molecule has 3 N–H and O–H groups in total. The molecule has 0 aromatic rings. The normalized spacial score (nSPS) is 18.8. The van der Waals surface area contributed by atoms with Crippen LogP contribution in [0.4, 0.5) is 0 Å². The Morgan fingerprint density at radius 3 is 0.980 bits per heavy atom. The first-order chi connectivity index (χ1) is 49.6. The average Bonchev–Trinajstić information content (AvgIpc) is 1.69. The van der Waals surface area contributed by atoms with Gasteiger partial charge in [0.25, 0.3) is 0 Å². The molecule has 101 heavy (non-hydrogen) atoms. The van der Waals surface area contributed by atoms with E-state index in [1.807, 2.05) is 0 Å². The van der Waals surface area contributed by atoms with E-state index in [2.05, 4.69) is 27.7 Å². The smallest absolute Gasteiger partial charge is 0.311 e. The predicted molar refractivity (Wildman–Crippen MR) is 436 cm³/mol. The van der Waals surface area contributed by atoms with Crippen molar-refractivity contribution in [3.63, 3.8) is 0 Å². The summed E-state index contributed by atoms with van der Waals surface area (Å²) < 4.78 is 16.4. The Bertz CT molecular complexity index is 1710. The lowest BCUT2D eigenvalue weighted by molar-refractivity contribution is -0.170. The molecule has 1 saturated carbocycles. The van der Waals surface area contributed by atoms with Crippen LogP contribution in [0.1, 0.15) is 509 Å². The molecule has 0 amide bonds. The Morgan fingerprint density at radius 2 is 0.653 bits per heavy atom. The third kappa shape index (κ3) is 58.6. The van der Waals surface area contributed by atoms with E-state index in [1.54, 1.807) is 0 Å². The SMILES string of the molecule is CCCCCCCCCCCCCCCCCCCCCCCC[C@@H](C(=O)OC[C@H]1O[C@H](OC)[C@@H](O)[C@@H]1O)[C@@H](O)CCCCCCCCCCCCCCCC[C@H]1C[C@@H]1[C@H](C)CCCCCCCCCCCCCCCCCCC(=O)C(C)CCCCCCCCCCCCCCCCCC. The molecule has 2 fully saturated rings. The van der Waals surface area contributed by atoms with Crippen LogP contribution in [0.5, 0.6) is 0 Å². The fraction of sp³-hybridized carbons (Fsp3) is 0.978. The molecule has 2 aliphatic rings. The van der Waals surface area contributed by atoms with Crippen LogP contribution in [0, 0.1) is 29.6 Å². The Hall–Kier alpha value is -1.06. The van der Waals surface area contributed by atoms with Gasteiger partial charge in [-0.25, -0.2) is 0 Å². The third-order valence-corrected chi connectivity index (χ3v) is 24.5. The highest BCUT2D eigenvalue weighted by molar-refractivity contribution is 5.80. The Kier molecular flexibility index (Phi) is 69.5. The van der Waals surface area contributed by atoms with Gasteiger partial charge < -0.3 is 29.5 Å². The summed E-state index contributed by atoms with van der Waals surface area (Å²) in [4.78, 5) is 26.2. The van der Waals surface area contributed by atoms with Gasteiger partial charge in [0.05, 0.1) is 12.0 Å². The number of hydrogen-bond acceptors (Lipinski definition) is 8. The van der Waals surface area contributed by atoms with E-state index in [4.69, 9.17) is 14.2 Å². The van der Waals surface area contributed by atoms with Crippen LogP contribution in [-0.4, -0.2) is 71.5 Å². The quantitative estimate of drug-likeness (QED) is 0.0407. The van der Waals surface area contributed by atoms with Gasteiger partial charge in [0.2, 0.25) is 0 Å². The van der Waals surface area contributed by atoms with Crippen molar-refractivity contribution in [2.24, 2.45) is 29.6 Å². The van der Waals surface area contributed by atoms with Crippen molar-refractivity contribution in [2.45, 2.75) is 540 Å². The lowest BCUT2D eigenvalue weighted by Gasteiger charge is -2.23. The molecule has 1 unspecified atom stereocenters. The second-order valence-electron chi connectivity index (χ2n) is 34.1. The number of aliphatic hydroxyl groups is 3. The minimum Gasteiger partial charge on any atom is -0.463 e. The van der Waals surface area contributed by atoms with Crippen molar-refractivity contribution in [2.75, 3.05) is 13.7 Å². The van der Waals surface area contributed by atoms with E-state index >= 15 is 0 Å². The van der Waals surface area contributed by atoms with Gasteiger partial charge in [-0.15, -0.1) is 0 Å². The van der Waals surface area contributed by atoms with Gasteiger partial charge in [-0.1, -0.05) is 471 Å². The zero-order valence-corrected chi connectivity index (χ0v) is 68.9. The fourth-order valence-electron chi connectivity index (χ4n) is 17.0. The molecule has 1 heterocycles. The second kappa shape index (κ2) is 73.1. The van der Waals surface area contributed by atoms with Crippen molar-refractivity contribution >= 4 is 11.8 Å². The molecule has 10 atom stereocenters. The summed E-state index contributed by atoms with van der Waals surface area (Å²) in [6, 6.07) is 0. The summed E-state index contributed by atoms with van der Waals surface area (Å²) in [5.41, 5.74) is 0. The molecule has 8 nitrogen and oxygen atoms in total. The molecular formula is C93H180O8. The fourth-order valence-corrected chi connectivity index (χ4v) is 17.0. The largest absolute Gasteiger partial charge is 0.463 e. The van der Waals surface area contributed by atoms with Crippen molar-refractivity contribution in [3.8, 4) is 0 Å². The van der Waals surface area contributed by atoms with E-state index < -0.39 is 42.6 Å². The second-order valence-corrected chi connectivity index (χ2v) is 34.1. The predicted octanol–water partition coefficient (Wildman–Crippen LogP) is 29.0. The number of hydrogen-bond donors (Lipinski definition) is 3. The Balaban J connectivity index is 1.33. The minimum absolute atomic E-state index is 0.170. The van der Waals surface area contributed by atoms with E-state index in [-0.39, 0.29) is 12.5 Å². The van der Waals surface area contributed by atoms with Gasteiger partial charge in [0, 0.05) is 19.4 Å². The number of rotatable bonds is 83. The summed E-state index contributed by atoms with van der Waals surface area (Å²) in [6.07, 6.45) is 95.2. The van der Waals surface area contributed by atoms with Crippen LogP contribution < -0.4 is 0 Å². The number of unbranched alkanes of at least 4 members (excludes halogenated alkanes) is 64. The molecule has 0 aromatic carbocycles. The van der Waals surface area contributed by atoms with Crippen LogP contribution in [0.2, 0.25) is 0 Å². The topological polar surface area (TPSA) is 123 Å². The molecule has 1 aliphatic carbocycles. The summed E-state index contributed by atoms with van der Waals surface area (Å²) in [7, 11) is 1.41. The molecule has 2 rings (SSSR count). The minimum atomic E-state index is -1.20. The highest BCUT2D eigenvalue weighted by atomic mass is 16.7. The zero-order valence-electron chi connectivity index (χ0n) is 68.9. The molecule has 0 aromatic heterocycles. The Labute approximate surface area is 630 Å². The zero-order chi connectivity index (χ0) is 72.8. The molecule has 0 radical (unpaired) electrons. The highest BCUT2D eigenvalue weighted by Gasteiger charge is 2.44. The highest BCUT2D eigenvalue weighted by Crippen LogP contribution is 2.49. The van der Waals surface area contributed by atoms with Gasteiger partial charge in [-0.3, -0.25) is 9.59 Å². The lowest BCUT2D eigenvalue weighted by atomic mass is 9.91. The van der Waals surface area contributed by atoms with Crippen molar-refractivity contribution in [1.82, 2.24) is 0 Å². The first-order valence-corrected chi connectivity index (χ1v) is 46.6. The monoisotopic (exact) mass is 1430 g/mol. The van der Waals surface area contributed by atoms with E-state index in [1.165, 1.54) is 424 Å². The van der Waals surface area contributed by atoms with Gasteiger partial charge in [-0.05, 0) is 49.9 Å². The summed E-state index contributed by atoms with van der Waals surface area (Å²) in [5, 5.41) is 32.0. The summed E-state index contributed by atoms with van der Waals surface area (Å²) in [6.45, 7) is 9.18. The van der Waals surface area contributed by atoms with Gasteiger partial charge >= 0.3 is 5.97 Å².